The van der Waals surface area contributed by atoms with Gasteiger partial charge >= 0.3 is 0 Å². The molecule has 0 N–H and O–H groups in total. The normalized spacial score (nSPS) is 11.1. The molecule has 0 fully saturated rings. The minimum atomic E-state index is 0.336. The highest BCUT2D eigenvalue weighted by Crippen LogP contribution is 2.24. The molecule has 0 atom stereocenters. The van der Waals surface area contributed by atoms with Crippen LogP contribution in [0.15, 0.2) is 35.1 Å². The largest absolute Gasteiger partial charge is 0.461 e. The van der Waals surface area contributed by atoms with Gasteiger partial charge in [0, 0.05) is 6.07 Å². The van der Waals surface area contributed by atoms with Crippen LogP contribution in [0.5, 0.6) is 0 Å². The average Bonchev–Trinajstić information content (AvgIpc) is 2.82. The van der Waals surface area contributed by atoms with Gasteiger partial charge in [0.05, 0.1) is 12.5 Å². The summed E-state index contributed by atoms with van der Waals surface area (Å²) < 4.78 is 6.94. The number of rotatable bonds is 1. The first-order chi connectivity index (χ1) is 7.75. The Hall–Kier alpha value is -1.52. The molecule has 0 aliphatic carbocycles. The highest BCUT2D eigenvalue weighted by molar-refractivity contribution is 6.33. The standard InChI is InChI=1S/C10H5Cl2N3O/c11-7-4-8(12)15-9(14-7)5-13-10(15)6-2-1-3-16-6/h1-5H. The Balaban J connectivity index is 2.36. The quantitative estimate of drug-likeness (QED) is 0.626. The number of furan rings is 1. The summed E-state index contributed by atoms with van der Waals surface area (Å²) in [7, 11) is 0. The van der Waals surface area contributed by atoms with Crippen molar-refractivity contribution in [2.45, 2.75) is 0 Å². The second-order valence-electron chi connectivity index (χ2n) is 3.15. The molecule has 0 saturated heterocycles. The van der Waals surface area contributed by atoms with Gasteiger partial charge in [0.1, 0.15) is 10.3 Å². The number of hydrogen-bond acceptors (Lipinski definition) is 3. The minimum absolute atomic E-state index is 0.336. The summed E-state index contributed by atoms with van der Waals surface area (Å²) in [6.07, 6.45) is 3.17. The van der Waals surface area contributed by atoms with Crippen LogP contribution in [0.3, 0.4) is 0 Å². The lowest BCUT2D eigenvalue weighted by atomic mass is 10.4. The van der Waals surface area contributed by atoms with Crippen LogP contribution < -0.4 is 0 Å². The van der Waals surface area contributed by atoms with Crippen molar-refractivity contribution in [1.29, 1.82) is 0 Å². The van der Waals surface area contributed by atoms with Gasteiger partial charge in [-0.25, -0.2) is 9.97 Å². The Labute approximate surface area is 100 Å². The van der Waals surface area contributed by atoms with Crippen LogP contribution in [0.2, 0.25) is 10.3 Å². The van der Waals surface area contributed by atoms with Gasteiger partial charge < -0.3 is 4.42 Å². The number of hydrogen-bond donors (Lipinski definition) is 0. The summed E-state index contributed by atoms with van der Waals surface area (Å²) in [4.78, 5) is 8.31. The van der Waals surface area contributed by atoms with Crippen molar-refractivity contribution < 1.29 is 4.42 Å². The zero-order valence-electron chi connectivity index (χ0n) is 7.89. The van der Waals surface area contributed by atoms with Crippen LogP contribution >= 0.6 is 23.2 Å². The highest BCUT2D eigenvalue weighted by Gasteiger charge is 2.12. The molecule has 3 rings (SSSR count). The van der Waals surface area contributed by atoms with E-state index in [0.717, 1.165) is 0 Å². The molecule has 0 radical (unpaired) electrons. The Kier molecular flexibility index (Phi) is 2.12. The molecule has 0 amide bonds. The zero-order valence-corrected chi connectivity index (χ0v) is 9.40. The number of nitrogens with zero attached hydrogens (tertiary/aromatic N) is 3. The van der Waals surface area contributed by atoms with Crippen molar-refractivity contribution in [3.63, 3.8) is 0 Å². The number of imidazole rings is 1. The van der Waals surface area contributed by atoms with Gasteiger partial charge in [0.25, 0.3) is 0 Å². The van der Waals surface area contributed by atoms with Gasteiger partial charge in [-0.3, -0.25) is 4.40 Å². The molecule has 3 heterocycles. The molecule has 0 aliphatic rings. The third kappa shape index (κ3) is 1.38. The molecule has 4 nitrogen and oxygen atoms in total. The lowest BCUT2D eigenvalue weighted by Gasteiger charge is -2.01. The van der Waals surface area contributed by atoms with Crippen molar-refractivity contribution in [1.82, 2.24) is 14.4 Å². The molecule has 0 unspecified atom stereocenters. The Morgan fingerprint density at radius 2 is 2.19 bits per heavy atom. The number of aromatic nitrogens is 3. The topological polar surface area (TPSA) is 43.3 Å². The summed E-state index contributed by atoms with van der Waals surface area (Å²) in [6.45, 7) is 0. The first-order valence-corrected chi connectivity index (χ1v) is 5.24. The molecule has 3 aromatic rings. The van der Waals surface area contributed by atoms with Crippen LogP contribution in [-0.2, 0) is 0 Å². The van der Waals surface area contributed by atoms with Crippen LogP contribution in [0.4, 0.5) is 0 Å². The van der Waals surface area contributed by atoms with Crippen molar-refractivity contribution in [3.05, 3.63) is 41.0 Å². The molecule has 6 heteroatoms. The van der Waals surface area contributed by atoms with Crippen LogP contribution in [0.25, 0.3) is 17.2 Å². The van der Waals surface area contributed by atoms with Gasteiger partial charge in [0.2, 0.25) is 0 Å². The molecule has 0 bridgehead atoms. The smallest absolute Gasteiger partial charge is 0.183 e. The zero-order chi connectivity index (χ0) is 11.1. The first-order valence-electron chi connectivity index (χ1n) is 4.49. The molecule has 0 aromatic carbocycles. The summed E-state index contributed by atoms with van der Waals surface area (Å²) in [5.41, 5.74) is 0.587. The number of halogens is 2. The van der Waals surface area contributed by atoms with Crippen molar-refractivity contribution >= 4 is 28.8 Å². The third-order valence-electron chi connectivity index (χ3n) is 2.16. The van der Waals surface area contributed by atoms with Crippen LogP contribution in [-0.4, -0.2) is 14.4 Å². The van der Waals surface area contributed by atoms with E-state index in [1.165, 1.54) is 0 Å². The molecule has 0 spiro atoms. The van der Waals surface area contributed by atoms with Gasteiger partial charge in [0.15, 0.2) is 17.2 Å². The highest BCUT2D eigenvalue weighted by atomic mass is 35.5. The second kappa shape index (κ2) is 3.50. The van der Waals surface area contributed by atoms with E-state index in [9.17, 15) is 0 Å². The summed E-state index contributed by atoms with van der Waals surface area (Å²) in [5.74, 6) is 1.24. The average molecular weight is 254 g/mol. The molecule has 0 saturated carbocycles. The lowest BCUT2D eigenvalue weighted by Crippen LogP contribution is -1.92. The molecule has 0 aliphatic heterocycles. The van der Waals surface area contributed by atoms with Gasteiger partial charge in [-0.15, -0.1) is 0 Å². The molecule has 3 aromatic heterocycles. The summed E-state index contributed by atoms with van der Waals surface area (Å²) in [5, 5.41) is 0.780. The molecular weight excluding hydrogens is 249 g/mol. The maximum atomic E-state index is 6.08. The van der Waals surface area contributed by atoms with Crippen molar-refractivity contribution in [2.75, 3.05) is 0 Å². The molecule has 16 heavy (non-hydrogen) atoms. The fourth-order valence-electron chi connectivity index (χ4n) is 1.52. The van der Waals surface area contributed by atoms with E-state index >= 15 is 0 Å². The van der Waals surface area contributed by atoms with E-state index in [-0.39, 0.29) is 0 Å². The monoisotopic (exact) mass is 253 g/mol. The summed E-state index contributed by atoms with van der Waals surface area (Å²) >= 11 is 11.9. The maximum Gasteiger partial charge on any atom is 0.183 e. The number of fused-ring (bicyclic) bond motifs is 1. The second-order valence-corrected chi connectivity index (χ2v) is 3.93. The van der Waals surface area contributed by atoms with E-state index in [0.29, 0.717) is 27.5 Å². The predicted molar refractivity (Wildman–Crippen MR) is 60.7 cm³/mol. The summed E-state index contributed by atoms with van der Waals surface area (Å²) in [6, 6.07) is 5.15. The Morgan fingerprint density at radius 1 is 1.31 bits per heavy atom. The Morgan fingerprint density at radius 3 is 2.94 bits per heavy atom. The minimum Gasteiger partial charge on any atom is -0.461 e. The van der Waals surface area contributed by atoms with Crippen LogP contribution in [0, 0.1) is 0 Å². The fraction of sp³-hybridized carbons (Fsp3) is 0. The predicted octanol–water partition coefficient (Wildman–Crippen LogP) is 3.30. The van der Waals surface area contributed by atoms with Crippen molar-refractivity contribution in [3.8, 4) is 11.6 Å². The van der Waals surface area contributed by atoms with E-state index < -0.39 is 0 Å². The fourth-order valence-corrected chi connectivity index (χ4v) is 2.03. The van der Waals surface area contributed by atoms with Gasteiger partial charge in [-0.1, -0.05) is 23.2 Å². The van der Waals surface area contributed by atoms with Gasteiger partial charge in [-0.05, 0) is 12.1 Å². The third-order valence-corrected chi connectivity index (χ3v) is 2.63. The van der Waals surface area contributed by atoms with E-state index in [4.69, 9.17) is 27.6 Å². The van der Waals surface area contributed by atoms with Crippen molar-refractivity contribution in [2.24, 2.45) is 0 Å². The van der Waals surface area contributed by atoms with E-state index in [1.807, 2.05) is 0 Å². The van der Waals surface area contributed by atoms with E-state index in [1.54, 1.807) is 35.1 Å². The first kappa shape index (κ1) is 9.69. The van der Waals surface area contributed by atoms with Crippen LogP contribution in [0.1, 0.15) is 0 Å². The maximum absolute atomic E-state index is 6.08. The lowest BCUT2D eigenvalue weighted by molar-refractivity contribution is 0.577. The van der Waals surface area contributed by atoms with E-state index in [2.05, 4.69) is 9.97 Å². The van der Waals surface area contributed by atoms with Gasteiger partial charge in [-0.2, -0.15) is 0 Å². The molecular formula is C10H5Cl2N3O. The Bertz CT molecular complexity index is 645. The SMILES string of the molecule is Clc1cc(Cl)n2c(-c3ccco3)ncc2n1. The molecule has 80 valence electrons.